The third-order valence-corrected chi connectivity index (χ3v) is 10.9. The van der Waals surface area contributed by atoms with Crippen molar-refractivity contribution in [3.8, 4) is 56.4 Å². The number of hydrogen-bond donors (Lipinski definition) is 0. The van der Waals surface area contributed by atoms with E-state index in [1.165, 1.54) is 0 Å². The molecule has 0 radical (unpaired) electrons. The highest BCUT2D eigenvalue weighted by atomic mass is 31.2. The van der Waals surface area contributed by atoms with Gasteiger partial charge in [-0.05, 0) is 52.6 Å². The lowest BCUT2D eigenvalue weighted by Gasteiger charge is -2.36. The molecule has 8 rings (SSSR count). The van der Waals surface area contributed by atoms with Crippen LogP contribution in [0.1, 0.15) is 0 Å². The number of benzene rings is 6. The second-order valence-electron chi connectivity index (χ2n) is 10.0. The van der Waals surface area contributed by atoms with Crippen LogP contribution in [0.3, 0.4) is 0 Å². The first-order valence-corrected chi connectivity index (χ1v) is 15.0. The van der Waals surface area contributed by atoms with Crippen molar-refractivity contribution >= 4 is 23.1 Å². The molecule has 0 N–H and O–H groups in total. The molecule has 2 aliphatic rings. The van der Waals surface area contributed by atoms with E-state index in [0.717, 1.165) is 33.4 Å². The molecule has 0 saturated carbocycles. The van der Waals surface area contributed by atoms with Gasteiger partial charge in [-0.3, -0.25) is 0 Å². The van der Waals surface area contributed by atoms with E-state index < -0.39 is 7.14 Å². The van der Waals surface area contributed by atoms with E-state index in [2.05, 4.69) is 24.3 Å². The maximum absolute atomic E-state index is 15.9. The lowest BCUT2D eigenvalue weighted by atomic mass is 10.0. The Morgan fingerprint density at radius 2 is 1.00 bits per heavy atom. The van der Waals surface area contributed by atoms with E-state index in [1.807, 2.05) is 115 Å². The number of para-hydroxylation sites is 1. The van der Waals surface area contributed by atoms with Crippen molar-refractivity contribution in [2.75, 3.05) is 0 Å². The lowest BCUT2D eigenvalue weighted by Crippen LogP contribution is -2.35. The fourth-order valence-electron chi connectivity index (χ4n) is 5.86. The van der Waals surface area contributed by atoms with Gasteiger partial charge in [0.05, 0.1) is 10.6 Å². The lowest BCUT2D eigenvalue weighted by molar-refractivity contribution is 0.463. The summed E-state index contributed by atoms with van der Waals surface area (Å²) in [5, 5.41) is 2.02. The fraction of sp³-hybridized carbons (Fsp3) is 0. The van der Waals surface area contributed by atoms with E-state index in [0.29, 0.717) is 38.9 Å². The first-order chi connectivity index (χ1) is 19.7. The van der Waals surface area contributed by atoms with Crippen molar-refractivity contribution in [1.82, 2.24) is 0 Å². The summed E-state index contributed by atoms with van der Waals surface area (Å²) in [6.45, 7) is 0. The van der Waals surface area contributed by atoms with Crippen LogP contribution in [0.5, 0.6) is 23.0 Å². The summed E-state index contributed by atoms with van der Waals surface area (Å²) in [7, 11) is -3.41. The molecule has 1 unspecified atom stereocenters. The number of hydrogen-bond acceptors (Lipinski definition) is 3. The normalized spacial score (nSPS) is 16.1. The van der Waals surface area contributed by atoms with Crippen molar-refractivity contribution in [3.05, 3.63) is 140 Å². The molecule has 0 fully saturated rings. The minimum absolute atomic E-state index is 0.574. The fourth-order valence-corrected chi connectivity index (χ4v) is 8.98. The second kappa shape index (κ2) is 8.84. The molecule has 0 saturated heterocycles. The van der Waals surface area contributed by atoms with Gasteiger partial charge in [0.25, 0.3) is 0 Å². The van der Waals surface area contributed by atoms with Gasteiger partial charge in [0.1, 0.15) is 28.3 Å². The van der Waals surface area contributed by atoms with Crippen molar-refractivity contribution in [1.29, 1.82) is 0 Å². The van der Waals surface area contributed by atoms with Gasteiger partial charge in [0, 0.05) is 11.1 Å². The first-order valence-electron chi connectivity index (χ1n) is 13.3. The molecule has 1 atom stereocenters. The van der Waals surface area contributed by atoms with Gasteiger partial charge in [0.15, 0.2) is 7.14 Å². The van der Waals surface area contributed by atoms with Crippen LogP contribution in [-0.4, -0.2) is 0 Å². The van der Waals surface area contributed by atoms with Gasteiger partial charge < -0.3 is 14.0 Å². The highest BCUT2D eigenvalue weighted by Gasteiger charge is 2.48. The molecule has 6 aromatic rings. The molecule has 0 amide bonds. The molecule has 0 spiro atoms. The zero-order valence-electron chi connectivity index (χ0n) is 21.5. The number of rotatable bonds is 3. The van der Waals surface area contributed by atoms with Gasteiger partial charge in [0.2, 0.25) is 0 Å². The Kier molecular flexibility index (Phi) is 5.10. The highest BCUT2D eigenvalue weighted by Crippen LogP contribution is 2.61. The standard InChI is InChI=1S/C36H23O3P/c37-40-32-18-10-17-28(25-13-6-2-7-14-25)34(32)39-31-22-20-29(26-15-8-3-9-16-26)35(36(31)40)38-30-21-19-27(23-33(30)40)24-11-4-1-5-12-24/h1-23H. The maximum Gasteiger partial charge on any atom is 0.185 e. The summed E-state index contributed by atoms with van der Waals surface area (Å²) in [5.41, 5.74) is 5.88. The minimum atomic E-state index is -3.41. The molecular formula is C36H23O3P. The monoisotopic (exact) mass is 534 g/mol. The van der Waals surface area contributed by atoms with Crippen LogP contribution in [0.4, 0.5) is 0 Å². The Morgan fingerprint density at radius 3 is 1.68 bits per heavy atom. The Morgan fingerprint density at radius 1 is 0.425 bits per heavy atom. The molecule has 2 heterocycles. The average Bonchev–Trinajstić information content (AvgIpc) is 3.02. The van der Waals surface area contributed by atoms with E-state index in [1.54, 1.807) is 0 Å². The molecular weight excluding hydrogens is 511 g/mol. The smallest absolute Gasteiger partial charge is 0.185 e. The summed E-state index contributed by atoms with van der Waals surface area (Å²) in [5.74, 6) is 2.43. The first kappa shape index (κ1) is 23.1. The predicted octanol–water partition coefficient (Wildman–Crippen LogP) is 8.54. The van der Waals surface area contributed by atoms with Gasteiger partial charge in [-0.1, -0.05) is 109 Å². The molecule has 3 nitrogen and oxygen atoms in total. The minimum Gasteiger partial charge on any atom is -0.455 e. The van der Waals surface area contributed by atoms with Crippen molar-refractivity contribution in [3.63, 3.8) is 0 Å². The Labute approximate surface area is 232 Å². The van der Waals surface area contributed by atoms with Crippen LogP contribution < -0.4 is 25.4 Å². The van der Waals surface area contributed by atoms with Crippen molar-refractivity contribution < 1.29 is 14.0 Å². The van der Waals surface area contributed by atoms with Crippen LogP contribution in [0.2, 0.25) is 0 Å². The summed E-state index contributed by atoms with van der Waals surface area (Å²) >= 11 is 0. The van der Waals surface area contributed by atoms with E-state index >= 15 is 4.57 Å². The third kappa shape index (κ3) is 3.35. The number of ether oxygens (including phenoxy) is 2. The van der Waals surface area contributed by atoms with Crippen LogP contribution in [0, 0.1) is 0 Å². The van der Waals surface area contributed by atoms with Gasteiger partial charge in [-0.15, -0.1) is 0 Å². The van der Waals surface area contributed by atoms with Crippen molar-refractivity contribution in [2.24, 2.45) is 0 Å². The zero-order chi connectivity index (χ0) is 26.7. The van der Waals surface area contributed by atoms with Gasteiger partial charge in [-0.25, -0.2) is 0 Å². The van der Waals surface area contributed by atoms with E-state index in [4.69, 9.17) is 9.47 Å². The van der Waals surface area contributed by atoms with Crippen LogP contribution in [0.15, 0.2) is 140 Å². The quantitative estimate of drug-likeness (QED) is 0.213. The third-order valence-electron chi connectivity index (χ3n) is 7.74. The molecule has 4 heteroatoms. The molecule has 190 valence electrons. The van der Waals surface area contributed by atoms with Gasteiger partial charge >= 0.3 is 0 Å². The summed E-state index contributed by atoms with van der Waals surface area (Å²) in [4.78, 5) is 0. The summed E-state index contributed by atoms with van der Waals surface area (Å²) < 4.78 is 29.2. The number of fused-ring (bicyclic) bond motifs is 4. The molecule has 0 aliphatic carbocycles. The highest BCUT2D eigenvalue weighted by molar-refractivity contribution is 7.86. The van der Waals surface area contributed by atoms with Crippen LogP contribution in [0.25, 0.3) is 33.4 Å². The summed E-state index contributed by atoms with van der Waals surface area (Å²) in [6.07, 6.45) is 0. The SMILES string of the molecule is O=P12c3cc(-c4ccccc4)ccc3Oc3c(-c4ccccc4)ccc(c31)Oc1c(-c3ccccc3)cccc12. The van der Waals surface area contributed by atoms with Gasteiger partial charge in [-0.2, -0.15) is 0 Å². The predicted molar refractivity (Wildman–Crippen MR) is 162 cm³/mol. The van der Waals surface area contributed by atoms with Crippen molar-refractivity contribution in [2.45, 2.75) is 0 Å². The topological polar surface area (TPSA) is 35.5 Å². The Bertz CT molecular complexity index is 1960. The van der Waals surface area contributed by atoms with E-state index in [9.17, 15) is 0 Å². The van der Waals surface area contributed by atoms with E-state index in [-0.39, 0.29) is 0 Å². The largest absolute Gasteiger partial charge is 0.455 e. The Balaban J connectivity index is 1.44. The summed E-state index contributed by atoms with van der Waals surface area (Å²) in [6, 6.07) is 46.3. The zero-order valence-corrected chi connectivity index (χ0v) is 22.3. The molecule has 6 aromatic carbocycles. The van der Waals surface area contributed by atoms with Crippen LogP contribution >= 0.6 is 7.14 Å². The molecule has 2 aliphatic heterocycles. The van der Waals surface area contributed by atoms with Crippen LogP contribution in [-0.2, 0) is 4.57 Å². The molecule has 0 aromatic heterocycles. The average molecular weight is 535 g/mol. The molecule has 40 heavy (non-hydrogen) atoms. The Hall–Kier alpha value is -4.85. The maximum atomic E-state index is 15.9. The second-order valence-corrected chi connectivity index (χ2v) is 12.7. The molecule has 0 bridgehead atoms.